The van der Waals surface area contributed by atoms with Crippen LogP contribution in [-0.4, -0.2) is 13.1 Å². The van der Waals surface area contributed by atoms with E-state index in [2.05, 4.69) is 5.32 Å². The van der Waals surface area contributed by atoms with Crippen molar-refractivity contribution in [3.8, 4) is 0 Å². The van der Waals surface area contributed by atoms with Gasteiger partial charge >= 0.3 is 5.97 Å². The molecule has 0 unspecified atom stereocenters. The lowest BCUT2D eigenvalue weighted by atomic mass is 10.0. The van der Waals surface area contributed by atoms with Crippen molar-refractivity contribution < 1.29 is 18.3 Å². The number of halogens is 3. The van der Waals surface area contributed by atoms with E-state index < -0.39 is 17.6 Å². The molecule has 0 spiro atoms. The largest absolute Gasteiger partial charge is 0.465 e. The van der Waals surface area contributed by atoms with E-state index in [1.54, 1.807) is 30.3 Å². The van der Waals surface area contributed by atoms with Crippen molar-refractivity contribution in [1.29, 1.82) is 0 Å². The monoisotopic (exact) mass is 399 g/mol. The zero-order chi connectivity index (χ0) is 20.1. The van der Waals surface area contributed by atoms with Gasteiger partial charge < -0.3 is 10.1 Å². The van der Waals surface area contributed by atoms with Crippen LogP contribution in [0, 0.1) is 11.6 Å². The van der Waals surface area contributed by atoms with Crippen molar-refractivity contribution in [3.05, 3.63) is 94.0 Å². The first-order valence-corrected chi connectivity index (χ1v) is 8.74. The highest BCUT2D eigenvalue weighted by Gasteiger charge is 2.24. The zero-order valence-corrected chi connectivity index (χ0v) is 15.6. The standard InChI is InChI=1S/C22H16ClF2NO2/c1-28-22(27)19-15(12-11-14-7-3-2-4-8-14)13-17(24)20(25)21(19)26-18-10-6-5-9-16(18)23/h2-13,26H,1H3/b12-11+. The van der Waals surface area contributed by atoms with Crippen LogP contribution in [0.25, 0.3) is 12.2 Å². The lowest BCUT2D eigenvalue weighted by Gasteiger charge is -2.16. The van der Waals surface area contributed by atoms with Crippen molar-refractivity contribution >= 4 is 41.1 Å². The van der Waals surface area contributed by atoms with Gasteiger partial charge in [0.15, 0.2) is 11.6 Å². The highest BCUT2D eigenvalue weighted by atomic mass is 35.5. The predicted octanol–water partition coefficient (Wildman–Crippen LogP) is 6.32. The molecule has 3 nitrogen and oxygen atoms in total. The van der Waals surface area contributed by atoms with Crippen molar-refractivity contribution in [2.45, 2.75) is 0 Å². The second-order valence-corrected chi connectivity index (χ2v) is 6.26. The minimum absolute atomic E-state index is 0.131. The van der Waals surface area contributed by atoms with Crippen molar-refractivity contribution in [2.24, 2.45) is 0 Å². The number of rotatable bonds is 5. The van der Waals surface area contributed by atoms with Gasteiger partial charge in [-0.2, -0.15) is 0 Å². The van der Waals surface area contributed by atoms with Crippen molar-refractivity contribution in [1.82, 2.24) is 0 Å². The number of methoxy groups -OCH3 is 1. The average molecular weight is 400 g/mol. The van der Waals surface area contributed by atoms with Crippen molar-refractivity contribution in [2.75, 3.05) is 12.4 Å². The minimum Gasteiger partial charge on any atom is -0.465 e. The second-order valence-electron chi connectivity index (χ2n) is 5.85. The Morgan fingerprint density at radius 2 is 1.71 bits per heavy atom. The zero-order valence-electron chi connectivity index (χ0n) is 14.9. The summed E-state index contributed by atoms with van der Waals surface area (Å²) in [6.45, 7) is 0. The summed E-state index contributed by atoms with van der Waals surface area (Å²) in [5.74, 6) is -3.10. The molecule has 3 aromatic rings. The number of carbonyl (C=O) groups excluding carboxylic acids is 1. The summed E-state index contributed by atoms with van der Waals surface area (Å²) < 4.78 is 33.7. The van der Waals surface area contributed by atoms with Crippen LogP contribution in [-0.2, 0) is 4.74 Å². The van der Waals surface area contributed by atoms with E-state index in [1.807, 2.05) is 30.3 Å². The maximum absolute atomic E-state index is 14.6. The lowest BCUT2D eigenvalue weighted by molar-refractivity contribution is 0.0601. The summed E-state index contributed by atoms with van der Waals surface area (Å²) in [6, 6.07) is 16.8. The van der Waals surface area contributed by atoms with E-state index in [9.17, 15) is 13.6 Å². The lowest BCUT2D eigenvalue weighted by Crippen LogP contribution is -2.11. The molecule has 0 bridgehead atoms. The Labute approximate surface area is 166 Å². The Morgan fingerprint density at radius 1 is 1.04 bits per heavy atom. The third-order valence-electron chi connectivity index (χ3n) is 4.03. The molecule has 0 aliphatic carbocycles. The highest BCUT2D eigenvalue weighted by molar-refractivity contribution is 6.33. The molecule has 0 fully saturated rings. The summed E-state index contributed by atoms with van der Waals surface area (Å²) in [6.07, 6.45) is 3.22. The molecule has 0 saturated heterocycles. The summed E-state index contributed by atoms with van der Waals surface area (Å²) in [5, 5.41) is 3.02. The van der Waals surface area contributed by atoms with Gasteiger partial charge in [-0.1, -0.05) is 66.2 Å². The number of esters is 1. The van der Waals surface area contributed by atoms with E-state index in [0.717, 1.165) is 11.6 Å². The SMILES string of the molecule is COC(=O)c1c(/C=C/c2ccccc2)cc(F)c(F)c1Nc1ccccc1Cl. The van der Waals surface area contributed by atoms with Gasteiger partial charge in [0.25, 0.3) is 0 Å². The topological polar surface area (TPSA) is 38.3 Å². The Kier molecular flexibility index (Phi) is 6.06. The van der Waals surface area contributed by atoms with Gasteiger partial charge in [-0.05, 0) is 29.3 Å². The fraction of sp³-hybridized carbons (Fsp3) is 0.0455. The quantitative estimate of drug-likeness (QED) is 0.403. The number of benzene rings is 3. The first kappa shape index (κ1) is 19.6. The maximum atomic E-state index is 14.6. The van der Waals surface area contributed by atoms with E-state index in [0.29, 0.717) is 10.7 Å². The third kappa shape index (κ3) is 4.21. The smallest absolute Gasteiger partial charge is 0.340 e. The number of hydrogen-bond donors (Lipinski definition) is 1. The molecule has 0 atom stereocenters. The maximum Gasteiger partial charge on any atom is 0.340 e. The molecule has 3 rings (SSSR count). The number of nitrogens with one attached hydrogen (secondary N) is 1. The molecular formula is C22H16ClF2NO2. The molecule has 0 aliphatic heterocycles. The molecule has 0 aliphatic rings. The molecule has 6 heteroatoms. The fourth-order valence-electron chi connectivity index (χ4n) is 2.66. The summed E-state index contributed by atoms with van der Waals surface area (Å²) in [5.41, 5.74) is 0.866. The van der Waals surface area contributed by atoms with Gasteiger partial charge in [-0.3, -0.25) is 0 Å². The van der Waals surface area contributed by atoms with Crippen LogP contribution in [0.5, 0.6) is 0 Å². The molecule has 0 amide bonds. The predicted molar refractivity (Wildman–Crippen MR) is 108 cm³/mol. The second kappa shape index (κ2) is 8.67. The number of ether oxygens (including phenoxy) is 1. The Hall–Kier alpha value is -3.18. The Bertz CT molecular complexity index is 1040. The normalized spacial score (nSPS) is 10.9. The van der Waals surface area contributed by atoms with E-state index in [-0.39, 0.29) is 16.8 Å². The first-order chi connectivity index (χ1) is 13.5. The molecule has 0 saturated carbocycles. The molecule has 142 valence electrons. The minimum atomic E-state index is -1.20. The van der Waals surface area contributed by atoms with Gasteiger partial charge in [-0.25, -0.2) is 13.6 Å². The fourth-order valence-corrected chi connectivity index (χ4v) is 2.85. The van der Waals surface area contributed by atoms with E-state index in [1.165, 1.54) is 13.2 Å². The molecular weight excluding hydrogens is 384 g/mol. The van der Waals surface area contributed by atoms with Gasteiger partial charge in [0.05, 0.1) is 29.1 Å². The molecule has 0 aromatic heterocycles. The van der Waals surface area contributed by atoms with Crippen LogP contribution in [0.15, 0.2) is 60.7 Å². The van der Waals surface area contributed by atoms with Crippen LogP contribution in [0.1, 0.15) is 21.5 Å². The Balaban J connectivity index is 2.15. The van der Waals surface area contributed by atoms with Gasteiger partial charge in [0.2, 0.25) is 0 Å². The highest BCUT2D eigenvalue weighted by Crippen LogP contribution is 2.33. The number of hydrogen-bond acceptors (Lipinski definition) is 3. The van der Waals surface area contributed by atoms with Crippen LogP contribution in [0.2, 0.25) is 5.02 Å². The van der Waals surface area contributed by atoms with Gasteiger partial charge in [0, 0.05) is 0 Å². The molecule has 0 heterocycles. The summed E-state index contributed by atoms with van der Waals surface area (Å²) in [7, 11) is 1.17. The van der Waals surface area contributed by atoms with E-state index >= 15 is 0 Å². The Morgan fingerprint density at radius 3 is 2.39 bits per heavy atom. The molecule has 1 N–H and O–H groups in total. The van der Waals surface area contributed by atoms with Gasteiger partial charge in [-0.15, -0.1) is 0 Å². The molecule has 3 aromatic carbocycles. The first-order valence-electron chi connectivity index (χ1n) is 8.36. The average Bonchev–Trinajstić information content (AvgIpc) is 2.71. The van der Waals surface area contributed by atoms with Gasteiger partial charge in [0.1, 0.15) is 0 Å². The summed E-state index contributed by atoms with van der Waals surface area (Å²) >= 11 is 6.10. The summed E-state index contributed by atoms with van der Waals surface area (Å²) in [4.78, 5) is 12.4. The number of carbonyl (C=O) groups is 1. The van der Waals surface area contributed by atoms with Crippen LogP contribution >= 0.6 is 11.6 Å². The molecule has 28 heavy (non-hydrogen) atoms. The molecule has 0 radical (unpaired) electrons. The van der Waals surface area contributed by atoms with E-state index in [4.69, 9.17) is 16.3 Å². The van der Waals surface area contributed by atoms with Crippen LogP contribution in [0.4, 0.5) is 20.2 Å². The van der Waals surface area contributed by atoms with Crippen LogP contribution in [0.3, 0.4) is 0 Å². The van der Waals surface area contributed by atoms with Crippen LogP contribution < -0.4 is 5.32 Å². The number of para-hydroxylation sites is 1. The third-order valence-corrected chi connectivity index (χ3v) is 4.36. The van der Waals surface area contributed by atoms with Crippen molar-refractivity contribution in [3.63, 3.8) is 0 Å². The number of anilines is 2.